The molecule has 2 N–H and O–H groups in total. The van der Waals surface area contributed by atoms with Crippen molar-refractivity contribution in [3.63, 3.8) is 0 Å². The summed E-state index contributed by atoms with van der Waals surface area (Å²) in [5, 5.41) is 6.37. The Morgan fingerprint density at radius 2 is 2.42 bits per heavy atom. The second-order valence-electron chi connectivity index (χ2n) is 5.06. The first kappa shape index (κ1) is 14.8. The second kappa shape index (κ2) is 7.88. The Morgan fingerprint density at radius 3 is 3.11 bits per heavy atom. The van der Waals surface area contributed by atoms with Crippen molar-refractivity contribution in [2.75, 3.05) is 19.6 Å². The molecule has 3 nitrogen and oxygen atoms in total. The molecule has 106 valence electrons. The van der Waals surface area contributed by atoms with Crippen LogP contribution in [-0.2, 0) is 11.2 Å². The predicted octanol–water partition coefficient (Wildman–Crippen LogP) is 2.84. The molecule has 1 saturated heterocycles. The molecule has 1 amide bonds. The van der Waals surface area contributed by atoms with Gasteiger partial charge in [0, 0.05) is 17.8 Å². The van der Waals surface area contributed by atoms with Gasteiger partial charge in [0.2, 0.25) is 5.91 Å². The van der Waals surface area contributed by atoms with Crippen molar-refractivity contribution in [3.8, 4) is 0 Å². The van der Waals surface area contributed by atoms with Crippen molar-refractivity contribution >= 4 is 28.8 Å². The molecule has 1 unspecified atom stereocenters. The minimum atomic E-state index is 0.174. The number of nitrogens with one attached hydrogen (secondary N) is 2. The summed E-state index contributed by atoms with van der Waals surface area (Å²) in [6, 6.07) is 3.92. The highest BCUT2D eigenvalue weighted by Crippen LogP contribution is 2.21. The van der Waals surface area contributed by atoms with Crippen LogP contribution < -0.4 is 10.6 Å². The average Bonchev–Trinajstić information content (AvgIpc) is 2.83. The third-order valence-electron chi connectivity index (χ3n) is 3.50. The smallest absolute Gasteiger partial charge is 0.220 e. The second-order valence-corrected chi connectivity index (χ2v) is 6.86. The van der Waals surface area contributed by atoms with E-state index in [1.54, 1.807) is 11.3 Å². The van der Waals surface area contributed by atoms with Crippen LogP contribution in [0.25, 0.3) is 0 Å². The van der Waals surface area contributed by atoms with Gasteiger partial charge in [-0.3, -0.25) is 4.79 Å². The van der Waals surface area contributed by atoms with E-state index >= 15 is 0 Å². The summed E-state index contributed by atoms with van der Waals surface area (Å²) >= 11 is 7.44. The topological polar surface area (TPSA) is 41.1 Å². The molecule has 2 rings (SSSR count). The third kappa shape index (κ3) is 5.51. The van der Waals surface area contributed by atoms with Crippen molar-refractivity contribution in [3.05, 3.63) is 21.3 Å². The molecule has 0 radical (unpaired) electrons. The van der Waals surface area contributed by atoms with Gasteiger partial charge >= 0.3 is 0 Å². The molecule has 0 aliphatic carbocycles. The van der Waals surface area contributed by atoms with E-state index in [1.807, 2.05) is 12.1 Å². The van der Waals surface area contributed by atoms with Crippen LogP contribution in [0.15, 0.2) is 12.1 Å². The highest BCUT2D eigenvalue weighted by Gasteiger charge is 2.14. The summed E-state index contributed by atoms with van der Waals surface area (Å²) in [5.41, 5.74) is 0. The van der Waals surface area contributed by atoms with E-state index in [2.05, 4.69) is 10.6 Å². The van der Waals surface area contributed by atoms with Crippen molar-refractivity contribution in [1.82, 2.24) is 10.6 Å². The summed E-state index contributed by atoms with van der Waals surface area (Å²) in [4.78, 5) is 13.0. The first-order valence-corrected chi connectivity index (χ1v) is 8.15. The lowest BCUT2D eigenvalue weighted by molar-refractivity contribution is -0.121. The van der Waals surface area contributed by atoms with Gasteiger partial charge in [-0.05, 0) is 56.8 Å². The number of rotatable bonds is 6. The minimum absolute atomic E-state index is 0.174. The van der Waals surface area contributed by atoms with E-state index in [9.17, 15) is 4.79 Å². The number of carbonyl (C=O) groups is 1. The summed E-state index contributed by atoms with van der Waals surface area (Å²) in [6.07, 6.45) is 5.02. The summed E-state index contributed by atoms with van der Waals surface area (Å²) in [7, 11) is 0. The molecule has 1 aliphatic heterocycles. The number of halogens is 1. The molecule has 1 atom stereocenters. The Labute approximate surface area is 123 Å². The zero-order valence-electron chi connectivity index (χ0n) is 11.1. The minimum Gasteiger partial charge on any atom is -0.356 e. The molecule has 1 fully saturated rings. The van der Waals surface area contributed by atoms with Crippen LogP contribution in [0.2, 0.25) is 4.34 Å². The van der Waals surface area contributed by atoms with Gasteiger partial charge in [-0.2, -0.15) is 0 Å². The van der Waals surface area contributed by atoms with Crippen molar-refractivity contribution in [2.45, 2.75) is 32.1 Å². The Bertz CT molecular complexity index is 402. The van der Waals surface area contributed by atoms with Gasteiger partial charge in [-0.25, -0.2) is 0 Å². The first-order valence-electron chi connectivity index (χ1n) is 6.95. The Morgan fingerprint density at radius 1 is 1.53 bits per heavy atom. The fourth-order valence-corrected chi connectivity index (χ4v) is 3.49. The molecule has 0 spiro atoms. The first-order chi connectivity index (χ1) is 9.24. The standard InChI is InChI=1S/C14H21ClN2OS/c15-13-5-4-12(19-13)7-9-17-14(18)6-3-11-2-1-8-16-10-11/h4-5,11,16H,1-3,6-10H2,(H,17,18). The van der Waals surface area contributed by atoms with Gasteiger partial charge in [0.1, 0.15) is 0 Å². The number of hydrogen-bond donors (Lipinski definition) is 2. The summed E-state index contributed by atoms with van der Waals surface area (Å²) in [5.74, 6) is 0.851. The number of amides is 1. The van der Waals surface area contributed by atoms with Crippen LogP contribution in [0.1, 0.15) is 30.6 Å². The maximum atomic E-state index is 11.7. The fourth-order valence-electron chi connectivity index (χ4n) is 2.41. The van der Waals surface area contributed by atoms with Crippen LogP contribution in [0, 0.1) is 5.92 Å². The molecule has 2 heterocycles. The molecule has 5 heteroatoms. The van der Waals surface area contributed by atoms with Gasteiger partial charge in [-0.15, -0.1) is 11.3 Å². The highest BCUT2D eigenvalue weighted by molar-refractivity contribution is 7.16. The lowest BCUT2D eigenvalue weighted by Gasteiger charge is -2.22. The maximum absolute atomic E-state index is 11.7. The summed E-state index contributed by atoms with van der Waals surface area (Å²) in [6.45, 7) is 2.91. The van der Waals surface area contributed by atoms with E-state index in [1.165, 1.54) is 17.7 Å². The van der Waals surface area contributed by atoms with Crippen LogP contribution in [-0.4, -0.2) is 25.5 Å². The molecule has 0 bridgehead atoms. The highest BCUT2D eigenvalue weighted by atomic mass is 35.5. The van der Waals surface area contributed by atoms with E-state index in [4.69, 9.17) is 11.6 Å². The number of carbonyl (C=O) groups excluding carboxylic acids is 1. The molecule has 1 aromatic heterocycles. The van der Waals surface area contributed by atoms with E-state index in [-0.39, 0.29) is 5.91 Å². The van der Waals surface area contributed by atoms with Gasteiger partial charge in [0.25, 0.3) is 0 Å². The van der Waals surface area contributed by atoms with Crippen LogP contribution in [0.3, 0.4) is 0 Å². The number of piperidine rings is 1. The van der Waals surface area contributed by atoms with Crippen molar-refractivity contribution < 1.29 is 4.79 Å². The van der Waals surface area contributed by atoms with Gasteiger partial charge < -0.3 is 10.6 Å². The number of hydrogen-bond acceptors (Lipinski definition) is 3. The molecular formula is C14H21ClN2OS. The predicted molar refractivity (Wildman–Crippen MR) is 80.9 cm³/mol. The fraction of sp³-hybridized carbons (Fsp3) is 0.643. The zero-order chi connectivity index (χ0) is 13.5. The Kier molecular flexibility index (Phi) is 6.14. The van der Waals surface area contributed by atoms with Gasteiger partial charge in [0.05, 0.1) is 4.34 Å². The maximum Gasteiger partial charge on any atom is 0.220 e. The largest absolute Gasteiger partial charge is 0.356 e. The molecule has 0 saturated carbocycles. The quantitative estimate of drug-likeness (QED) is 0.848. The Balaban J connectivity index is 1.56. The van der Waals surface area contributed by atoms with E-state index in [0.29, 0.717) is 18.9 Å². The van der Waals surface area contributed by atoms with Crippen molar-refractivity contribution in [1.29, 1.82) is 0 Å². The SMILES string of the molecule is O=C(CCC1CCCNC1)NCCc1ccc(Cl)s1. The normalized spacial score (nSPS) is 19.3. The lowest BCUT2D eigenvalue weighted by Crippen LogP contribution is -2.31. The van der Waals surface area contributed by atoms with Crippen LogP contribution >= 0.6 is 22.9 Å². The van der Waals surface area contributed by atoms with Crippen LogP contribution in [0.5, 0.6) is 0 Å². The molecule has 0 aromatic carbocycles. The molecule has 1 aliphatic rings. The van der Waals surface area contributed by atoms with E-state index in [0.717, 1.165) is 30.3 Å². The Hall–Kier alpha value is -0.580. The lowest BCUT2D eigenvalue weighted by atomic mass is 9.94. The van der Waals surface area contributed by atoms with Crippen molar-refractivity contribution in [2.24, 2.45) is 5.92 Å². The van der Waals surface area contributed by atoms with Gasteiger partial charge in [-0.1, -0.05) is 11.6 Å². The van der Waals surface area contributed by atoms with Crippen LogP contribution in [0.4, 0.5) is 0 Å². The monoisotopic (exact) mass is 300 g/mol. The average molecular weight is 301 g/mol. The molecule has 19 heavy (non-hydrogen) atoms. The zero-order valence-corrected chi connectivity index (χ0v) is 12.7. The van der Waals surface area contributed by atoms with E-state index < -0.39 is 0 Å². The number of thiophene rings is 1. The van der Waals surface area contributed by atoms with Gasteiger partial charge in [0.15, 0.2) is 0 Å². The summed E-state index contributed by atoms with van der Waals surface area (Å²) < 4.78 is 0.811. The third-order valence-corrected chi connectivity index (χ3v) is 4.79. The molecule has 1 aromatic rings. The molecular weight excluding hydrogens is 280 g/mol.